The van der Waals surface area contributed by atoms with Crippen molar-refractivity contribution in [3.8, 4) is 0 Å². The number of aryl methyl sites for hydroxylation is 1. The summed E-state index contributed by atoms with van der Waals surface area (Å²) in [7, 11) is 0. The summed E-state index contributed by atoms with van der Waals surface area (Å²) in [5.74, 6) is -0.442. The standard InChI is InChI=1S/C29H31N3O3S2/c1-7-19(4)31(22-14-11-18(3)12-15-22)20(5)13-16-24-27(33)32-26(23-10-9-17-36-23)25(28(34)35-8-2)21(6)30-29(32)37-24/h7,9-17,26H,8H2,1-6H3/b19-7-,20-13+,24-16-. The van der Waals surface area contributed by atoms with Crippen molar-refractivity contribution in [3.05, 3.63) is 107 Å². The van der Waals surface area contributed by atoms with Gasteiger partial charge >= 0.3 is 5.97 Å². The number of anilines is 1. The number of esters is 1. The van der Waals surface area contributed by atoms with Gasteiger partial charge in [0.15, 0.2) is 4.80 Å². The number of thiazole rings is 1. The molecule has 1 atom stereocenters. The molecule has 3 heterocycles. The molecule has 6 nitrogen and oxygen atoms in total. The molecule has 1 aromatic carbocycles. The number of aromatic nitrogens is 1. The Balaban J connectivity index is 1.83. The van der Waals surface area contributed by atoms with Crippen LogP contribution in [0.15, 0.2) is 86.4 Å². The summed E-state index contributed by atoms with van der Waals surface area (Å²) in [6.07, 6.45) is 5.86. The van der Waals surface area contributed by atoms with E-state index in [4.69, 9.17) is 4.74 Å². The Morgan fingerprint density at radius 1 is 1.16 bits per heavy atom. The smallest absolute Gasteiger partial charge is 0.338 e. The van der Waals surface area contributed by atoms with E-state index < -0.39 is 12.0 Å². The molecular weight excluding hydrogens is 502 g/mol. The molecule has 0 fully saturated rings. The summed E-state index contributed by atoms with van der Waals surface area (Å²) in [6, 6.07) is 11.7. The van der Waals surface area contributed by atoms with Gasteiger partial charge in [-0.05, 0) is 77.3 Å². The first-order chi connectivity index (χ1) is 17.8. The van der Waals surface area contributed by atoms with Crippen LogP contribution >= 0.6 is 22.7 Å². The molecule has 1 unspecified atom stereocenters. The maximum Gasteiger partial charge on any atom is 0.338 e. The number of allylic oxidation sites excluding steroid dienone is 5. The van der Waals surface area contributed by atoms with Gasteiger partial charge in [0.2, 0.25) is 0 Å². The quantitative estimate of drug-likeness (QED) is 0.379. The molecule has 0 saturated heterocycles. The highest BCUT2D eigenvalue weighted by atomic mass is 32.1. The molecule has 0 saturated carbocycles. The van der Waals surface area contributed by atoms with Crippen LogP contribution < -0.4 is 19.8 Å². The molecule has 0 spiro atoms. The van der Waals surface area contributed by atoms with Crippen LogP contribution in [0.3, 0.4) is 0 Å². The molecule has 0 N–H and O–H groups in total. The molecule has 8 heteroatoms. The van der Waals surface area contributed by atoms with Crippen LogP contribution in [0.1, 0.15) is 51.1 Å². The third-order valence-corrected chi connectivity index (χ3v) is 8.15. The number of thiophene rings is 1. The van der Waals surface area contributed by atoms with Gasteiger partial charge in [0.05, 0.1) is 22.4 Å². The largest absolute Gasteiger partial charge is 0.463 e. The lowest BCUT2D eigenvalue weighted by atomic mass is 10.0. The highest BCUT2D eigenvalue weighted by Gasteiger charge is 2.33. The second kappa shape index (κ2) is 11.3. The topological polar surface area (TPSA) is 63.9 Å². The van der Waals surface area contributed by atoms with Gasteiger partial charge in [0.1, 0.15) is 6.04 Å². The minimum absolute atomic E-state index is 0.176. The third-order valence-electron chi connectivity index (χ3n) is 6.22. The van der Waals surface area contributed by atoms with Crippen LogP contribution in [0.2, 0.25) is 0 Å². The normalized spacial score (nSPS) is 16.5. The van der Waals surface area contributed by atoms with Crippen molar-refractivity contribution in [2.24, 2.45) is 4.99 Å². The van der Waals surface area contributed by atoms with Gasteiger partial charge in [-0.25, -0.2) is 9.79 Å². The second-order valence-corrected chi connectivity index (χ2v) is 10.7. The Morgan fingerprint density at radius 2 is 1.89 bits per heavy atom. The lowest BCUT2D eigenvalue weighted by Crippen LogP contribution is -2.39. The highest BCUT2D eigenvalue weighted by molar-refractivity contribution is 7.10. The number of hydrogen-bond acceptors (Lipinski definition) is 7. The number of carbonyl (C=O) groups is 1. The Hall–Kier alpha value is -3.49. The zero-order valence-corrected chi connectivity index (χ0v) is 23.6. The van der Waals surface area contributed by atoms with E-state index in [1.807, 2.05) is 43.5 Å². The molecular formula is C29H31N3O3S2. The highest BCUT2D eigenvalue weighted by Crippen LogP contribution is 2.33. The fourth-order valence-electron chi connectivity index (χ4n) is 4.30. The molecule has 2 aromatic heterocycles. The van der Waals surface area contributed by atoms with Gasteiger partial charge in [-0.3, -0.25) is 9.36 Å². The van der Waals surface area contributed by atoms with Crippen LogP contribution in [0.25, 0.3) is 6.08 Å². The first kappa shape index (κ1) is 26.6. The number of ether oxygens (including phenoxy) is 1. The molecule has 1 aliphatic heterocycles. The summed E-state index contributed by atoms with van der Waals surface area (Å²) in [4.78, 5) is 34.9. The predicted octanol–water partition coefficient (Wildman–Crippen LogP) is 5.45. The number of hydrogen-bond donors (Lipinski definition) is 0. The van der Waals surface area contributed by atoms with Crippen molar-refractivity contribution >= 4 is 40.4 Å². The minimum atomic E-state index is -0.558. The third kappa shape index (κ3) is 5.31. The zero-order chi connectivity index (χ0) is 26.7. The lowest BCUT2D eigenvalue weighted by molar-refractivity contribution is -0.139. The van der Waals surface area contributed by atoms with Crippen molar-refractivity contribution in [3.63, 3.8) is 0 Å². The van der Waals surface area contributed by atoms with Crippen molar-refractivity contribution in [2.75, 3.05) is 11.5 Å². The molecule has 0 amide bonds. The first-order valence-electron chi connectivity index (χ1n) is 12.2. The molecule has 37 heavy (non-hydrogen) atoms. The van der Waals surface area contributed by atoms with Crippen molar-refractivity contribution in [1.82, 2.24) is 4.57 Å². The number of carbonyl (C=O) groups excluding carboxylic acids is 1. The van der Waals surface area contributed by atoms with Crippen LogP contribution in [0, 0.1) is 6.92 Å². The minimum Gasteiger partial charge on any atom is -0.463 e. The van der Waals surface area contributed by atoms with Crippen molar-refractivity contribution in [2.45, 2.75) is 47.6 Å². The van der Waals surface area contributed by atoms with E-state index in [2.05, 4.69) is 54.1 Å². The van der Waals surface area contributed by atoms with E-state index in [1.54, 1.807) is 18.4 Å². The summed E-state index contributed by atoms with van der Waals surface area (Å²) in [6.45, 7) is 12.0. The Morgan fingerprint density at radius 3 is 2.51 bits per heavy atom. The summed E-state index contributed by atoms with van der Waals surface area (Å²) in [5, 5.41) is 1.94. The van der Waals surface area contributed by atoms with Gasteiger partial charge in [-0.15, -0.1) is 11.3 Å². The maximum atomic E-state index is 13.7. The molecule has 0 aliphatic carbocycles. The van der Waals surface area contributed by atoms with E-state index in [0.29, 0.717) is 20.6 Å². The van der Waals surface area contributed by atoms with E-state index in [9.17, 15) is 9.59 Å². The Kier molecular flexibility index (Phi) is 8.10. The number of fused-ring (bicyclic) bond motifs is 1. The number of nitrogens with zero attached hydrogens (tertiary/aromatic N) is 3. The van der Waals surface area contributed by atoms with Crippen LogP contribution in [-0.4, -0.2) is 17.1 Å². The van der Waals surface area contributed by atoms with E-state index in [1.165, 1.54) is 28.2 Å². The molecule has 4 rings (SSSR count). The SMILES string of the molecule is C/C=C(/C)N(/C(C)=C/C=c1\sc2n(c1=O)C(c1cccs1)C(C(=O)OCC)=C(C)N=2)c1ccc(C)cc1. The van der Waals surface area contributed by atoms with Crippen molar-refractivity contribution < 1.29 is 9.53 Å². The van der Waals surface area contributed by atoms with Crippen molar-refractivity contribution in [1.29, 1.82) is 0 Å². The van der Waals surface area contributed by atoms with Gasteiger partial charge < -0.3 is 9.64 Å². The fraction of sp³-hybridized carbons (Fsp3) is 0.276. The summed E-state index contributed by atoms with van der Waals surface area (Å²) in [5.41, 5.74) is 5.11. The Bertz CT molecular complexity index is 1570. The summed E-state index contributed by atoms with van der Waals surface area (Å²) < 4.78 is 7.52. The number of benzene rings is 1. The average molecular weight is 534 g/mol. The van der Waals surface area contributed by atoms with Crippen LogP contribution in [-0.2, 0) is 9.53 Å². The van der Waals surface area contributed by atoms with Crippen LogP contribution in [0.5, 0.6) is 0 Å². The average Bonchev–Trinajstić information content (AvgIpc) is 3.51. The Labute approximate surface area is 224 Å². The molecule has 0 radical (unpaired) electrons. The van der Waals surface area contributed by atoms with E-state index in [-0.39, 0.29) is 12.2 Å². The zero-order valence-electron chi connectivity index (χ0n) is 21.9. The lowest BCUT2D eigenvalue weighted by Gasteiger charge is -2.26. The second-order valence-electron chi connectivity index (χ2n) is 8.75. The monoisotopic (exact) mass is 533 g/mol. The summed E-state index contributed by atoms with van der Waals surface area (Å²) >= 11 is 2.83. The molecule has 1 aliphatic rings. The maximum absolute atomic E-state index is 13.7. The first-order valence-corrected chi connectivity index (χ1v) is 13.9. The van der Waals surface area contributed by atoms with Gasteiger partial charge in [0.25, 0.3) is 5.56 Å². The molecule has 0 bridgehead atoms. The van der Waals surface area contributed by atoms with E-state index >= 15 is 0 Å². The molecule has 3 aromatic rings. The van der Waals surface area contributed by atoms with Gasteiger partial charge in [-0.2, -0.15) is 0 Å². The predicted molar refractivity (Wildman–Crippen MR) is 152 cm³/mol. The van der Waals surface area contributed by atoms with Crippen LogP contribution in [0.4, 0.5) is 5.69 Å². The fourth-order valence-corrected chi connectivity index (χ4v) is 6.11. The number of rotatable bonds is 7. The van der Waals surface area contributed by atoms with Gasteiger partial charge in [-0.1, -0.05) is 41.2 Å². The molecule has 192 valence electrons. The van der Waals surface area contributed by atoms with Gasteiger partial charge in [0, 0.05) is 22.0 Å². The van der Waals surface area contributed by atoms with E-state index in [0.717, 1.165) is 22.0 Å².